The zero-order valence-corrected chi connectivity index (χ0v) is 12.2. The van der Waals surface area contributed by atoms with E-state index in [2.05, 4.69) is 10.4 Å². The van der Waals surface area contributed by atoms with Gasteiger partial charge in [0.05, 0.1) is 17.3 Å². The van der Waals surface area contributed by atoms with Gasteiger partial charge in [0.1, 0.15) is 0 Å². The van der Waals surface area contributed by atoms with Gasteiger partial charge in [-0.15, -0.1) is 0 Å². The Kier molecular flexibility index (Phi) is 2.71. The fourth-order valence-electron chi connectivity index (χ4n) is 2.39. The van der Waals surface area contributed by atoms with Crippen LogP contribution in [0.4, 0.5) is 0 Å². The predicted molar refractivity (Wildman–Crippen MR) is 78.7 cm³/mol. The van der Waals surface area contributed by atoms with Crippen molar-refractivity contribution in [1.29, 1.82) is 0 Å². The van der Waals surface area contributed by atoms with E-state index >= 15 is 0 Å². The van der Waals surface area contributed by atoms with Crippen molar-refractivity contribution in [1.82, 2.24) is 9.66 Å². The zero-order chi connectivity index (χ0) is 15.4. The SMILES string of the molecule is CC(C)(C)C1(O)CC(=O)c2nc3ccccc3c(=O)n2N1. The highest BCUT2D eigenvalue weighted by Crippen LogP contribution is 2.34. The number of carbonyl (C=O) groups excluding carboxylic acids is 1. The topological polar surface area (TPSA) is 84.2 Å². The summed E-state index contributed by atoms with van der Waals surface area (Å²) in [5, 5.41) is 11.1. The van der Waals surface area contributed by atoms with Crippen molar-refractivity contribution in [3.05, 3.63) is 40.4 Å². The number of hydrogen-bond acceptors (Lipinski definition) is 5. The maximum absolute atomic E-state index is 12.5. The van der Waals surface area contributed by atoms with E-state index in [1.54, 1.807) is 45.0 Å². The number of aromatic nitrogens is 2. The zero-order valence-electron chi connectivity index (χ0n) is 12.2. The first kappa shape index (κ1) is 13.8. The number of aliphatic hydroxyl groups is 1. The van der Waals surface area contributed by atoms with Gasteiger partial charge < -0.3 is 5.11 Å². The van der Waals surface area contributed by atoms with Crippen molar-refractivity contribution in [2.45, 2.75) is 32.9 Å². The van der Waals surface area contributed by atoms with Gasteiger partial charge in [0, 0.05) is 5.41 Å². The summed E-state index contributed by atoms with van der Waals surface area (Å²) in [4.78, 5) is 29.1. The Balaban J connectivity index is 2.28. The van der Waals surface area contributed by atoms with E-state index in [1.165, 1.54) is 0 Å². The lowest BCUT2D eigenvalue weighted by Gasteiger charge is -2.43. The highest BCUT2D eigenvalue weighted by molar-refractivity contribution is 5.96. The van der Waals surface area contributed by atoms with Crippen LogP contribution in [0, 0.1) is 5.41 Å². The lowest BCUT2D eigenvalue weighted by atomic mass is 9.79. The summed E-state index contributed by atoms with van der Waals surface area (Å²) in [5.74, 6) is -0.318. The Morgan fingerprint density at radius 2 is 1.95 bits per heavy atom. The number of nitrogens with zero attached hydrogens (tertiary/aromatic N) is 2. The lowest BCUT2D eigenvalue weighted by Crippen LogP contribution is -2.60. The van der Waals surface area contributed by atoms with Crippen LogP contribution in [0.25, 0.3) is 10.9 Å². The summed E-state index contributed by atoms with van der Waals surface area (Å²) < 4.78 is 1.07. The molecule has 0 amide bonds. The van der Waals surface area contributed by atoms with Crippen LogP contribution in [-0.4, -0.2) is 26.3 Å². The van der Waals surface area contributed by atoms with Crippen molar-refractivity contribution in [2.24, 2.45) is 5.41 Å². The molecular formula is C15H17N3O3. The molecule has 0 aliphatic carbocycles. The molecule has 2 aromatic rings. The third-order valence-electron chi connectivity index (χ3n) is 3.98. The minimum atomic E-state index is -1.49. The minimum Gasteiger partial charge on any atom is -0.369 e. The molecular weight excluding hydrogens is 270 g/mol. The molecule has 0 saturated carbocycles. The minimum absolute atomic E-state index is 0.0348. The number of ketones is 1. The molecule has 6 heteroatoms. The number of hydrogen-bond donors (Lipinski definition) is 2. The summed E-state index contributed by atoms with van der Waals surface area (Å²) in [5.41, 5.74) is 0.760. The molecule has 0 spiro atoms. The van der Waals surface area contributed by atoms with Crippen molar-refractivity contribution in [2.75, 3.05) is 5.43 Å². The van der Waals surface area contributed by atoms with Gasteiger partial charge in [-0.3, -0.25) is 15.0 Å². The summed E-state index contributed by atoms with van der Waals surface area (Å²) >= 11 is 0. The Bertz CT molecular complexity index is 804. The maximum atomic E-state index is 12.5. The predicted octanol–water partition coefficient (Wildman–Crippen LogP) is 1.26. The molecule has 0 saturated heterocycles. The first-order valence-corrected chi connectivity index (χ1v) is 6.78. The average molecular weight is 287 g/mol. The van der Waals surface area contributed by atoms with Gasteiger partial charge in [0.15, 0.2) is 11.5 Å². The molecule has 3 rings (SSSR count). The highest BCUT2D eigenvalue weighted by atomic mass is 16.3. The summed E-state index contributed by atoms with van der Waals surface area (Å²) in [6, 6.07) is 6.83. The molecule has 1 aliphatic heterocycles. The Morgan fingerprint density at radius 1 is 1.29 bits per heavy atom. The molecule has 0 radical (unpaired) electrons. The van der Waals surface area contributed by atoms with Gasteiger partial charge in [-0.25, -0.2) is 4.98 Å². The quantitative estimate of drug-likeness (QED) is 0.762. The third-order valence-corrected chi connectivity index (χ3v) is 3.98. The molecule has 1 aromatic heterocycles. The van der Waals surface area contributed by atoms with Crippen molar-refractivity contribution in [3.63, 3.8) is 0 Å². The van der Waals surface area contributed by atoms with Crippen LogP contribution in [-0.2, 0) is 0 Å². The fraction of sp³-hybridized carbons (Fsp3) is 0.400. The standard InChI is InChI=1S/C15H17N3O3/c1-14(2,3)15(21)8-11(19)12-16-10-7-5-4-6-9(10)13(20)18(12)17-15/h4-7,17,21H,8H2,1-3H3. The Hall–Kier alpha value is -2.21. The molecule has 2 N–H and O–H groups in total. The number of carbonyl (C=O) groups is 1. The molecule has 1 aliphatic rings. The second-order valence-corrected chi connectivity index (χ2v) is 6.42. The van der Waals surface area contributed by atoms with Crippen LogP contribution in [0.15, 0.2) is 29.1 Å². The first-order valence-electron chi connectivity index (χ1n) is 6.78. The Labute approximate surface area is 121 Å². The van der Waals surface area contributed by atoms with E-state index in [1.807, 2.05) is 0 Å². The number of para-hydroxylation sites is 1. The molecule has 21 heavy (non-hydrogen) atoms. The van der Waals surface area contributed by atoms with Crippen molar-refractivity contribution < 1.29 is 9.90 Å². The fourth-order valence-corrected chi connectivity index (χ4v) is 2.39. The van der Waals surface area contributed by atoms with Gasteiger partial charge in [-0.1, -0.05) is 32.9 Å². The molecule has 0 bridgehead atoms. The van der Waals surface area contributed by atoms with Crippen LogP contribution in [0.1, 0.15) is 37.8 Å². The summed E-state index contributed by atoms with van der Waals surface area (Å²) in [6.07, 6.45) is -0.124. The number of Topliss-reactive ketones (excluding diaryl/α,β-unsaturated/α-hetero) is 1. The monoisotopic (exact) mass is 287 g/mol. The molecule has 1 aromatic carbocycles. The van der Waals surface area contributed by atoms with E-state index in [9.17, 15) is 14.7 Å². The van der Waals surface area contributed by atoms with Crippen LogP contribution in [0.3, 0.4) is 0 Å². The molecule has 2 heterocycles. The second kappa shape index (κ2) is 4.14. The average Bonchev–Trinajstić information content (AvgIpc) is 2.39. The molecule has 1 unspecified atom stereocenters. The summed E-state index contributed by atoms with van der Waals surface area (Å²) in [7, 11) is 0. The van der Waals surface area contributed by atoms with Crippen LogP contribution in [0.2, 0.25) is 0 Å². The first-order chi connectivity index (χ1) is 9.73. The molecule has 1 atom stereocenters. The van der Waals surface area contributed by atoms with E-state index in [4.69, 9.17) is 0 Å². The van der Waals surface area contributed by atoms with Crippen LogP contribution in [0.5, 0.6) is 0 Å². The smallest absolute Gasteiger partial charge is 0.280 e. The van der Waals surface area contributed by atoms with E-state index in [0.717, 1.165) is 4.68 Å². The normalized spacial score (nSPS) is 22.0. The molecule has 0 fully saturated rings. The van der Waals surface area contributed by atoms with E-state index in [0.29, 0.717) is 10.9 Å². The number of rotatable bonds is 0. The van der Waals surface area contributed by atoms with E-state index in [-0.39, 0.29) is 23.6 Å². The van der Waals surface area contributed by atoms with Crippen molar-refractivity contribution in [3.8, 4) is 0 Å². The lowest BCUT2D eigenvalue weighted by molar-refractivity contribution is -0.0490. The van der Waals surface area contributed by atoms with Gasteiger partial charge in [-0.2, -0.15) is 4.68 Å². The number of fused-ring (bicyclic) bond motifs is 2. The number of nitrogens with one attached hydrogen (secondary N) is 1. The van der Waals surface area contributed by atoms with Crippen LogP contribution < -0.4 is 11.0 Å². The number of benzene rings is 1. The second-order valence-electron chi connectivity index (χ2n) is 6.42. The molecule has 6 nitrogen and oxygen atoms in total. The largest absolute Gasteiger partial charge is 0.369 e. The maximum Gasteiger partial charge on any atom is 0.280 e. The van der Waals surface area contributed by atoms with Gasteiger partial charge in [0.25, 0.3) is 5.56 Å². The van der Waals surface area contributed by atoms with Gasteiger partial charge in [-0.05, 0) is 12.1 Å². The van der Waals surface area contributed by atoms with E-state index < -0.39 is 11.1 Å². The van der Waals surface area contributed by atoms with Crippen molar-refractivity contribution >= 4 is 16.7 Å². The van der Waals surface area contributed by atoms with Crippen LogP contribution >= 0.6 is 0 Å². The molecule has 110 valence electrons. The summed E-state index contributed by atoms with van der Waals surface area (Å²) in [6.45, 7) is 5.41. The highest BCUT2D eigenvalue weighted by Gasteiger charge is 2.46. The van der Waals surface area contributed by atoms with Gasteiger partial charge in [0.2, 0.25) is 5.78 Å². The Morgan fingerprint density at radius 3 is 2.62 bits per heavy atom. The van der Waals surface area contributed by atoms with Gasteiger partial charge >= 0.3 is 0 Å². The third kappa shape index (κ3) is 1.94.